The van der Waals surface area contributed by atoms with Crippen molar-refractivity contribution in [2.45, 2.75) is 19.9 Å². The topological polar surface area (TPSA) is 92.8 Å². The van der Waals surface area contributed by atoms with Crippen molar-refractivity contribution in [3.8, 4) is 17.2 Å². The van der Waals surface area contributed by atoms with Crippen LogP contribution >= 0.6 is 0 Å². The van der Waals surface area contributed by atoms with E-state index in [0.717, 1.165) is 28.8 Å². The van der Waals surface area contributed by atoms with Crippen molar-refractivity contribution in [2.75, 3.05) is 6.79 Å². The highest BCUT2D eigenvalue weighted by atomic mass is 16.7. The molecule has 0 saturated heterocycles. The molecule has 1 aliphatic rings. The molecule has 0 aliphatic carbocycles. The molecule has 0 unspecified atom stereocenters. The molecule has 3 aromatic rings. The van der Waals surface area contributed by atoms with Gasteiger partial charge in [0.25, 0.3) is 0 Å². The number of nitrogens with zero attached hydrogens (tertiary/aromatic N) is 7. The molecule has 0 saturated carbocycles. The molecule has 0 amide bonds. The molecule has 0 spiro atoms. The lowest BCUT2D eigenvalue weighted by atomic mass is 10.2. The van der Waals surface area contributed by atoms with E-state index in [1.165, 1.54) is 6.33 Å². The molecule has 0 N–H and O–H groups in total. The summed E-state index contributed by atoms with van der Waals surface area (Å²) in [5.41, 5.74) is 0.880. The SMILES string of the molecule is Cc1nnnn1CCc1ncnn1-c1ccc2c(c1)OCO2. The predicted octanol–water partition coefficient (Wildman–Crippen LogP) is 0.534. The van der Waals surface area contributed by atoms with Gasteiger partial charge in [0.1, 0.15) is 18.0 Å². The number of ether oxygens (including phenoxy) is 2. The number of aryl methyl sites for hydroxylation is 3. The van der Waals surface area contributed by atoms with E-state index in [1.807, 2.05) is 25.1 Å². The summed E-state index contributed by atoms with van der Waals surface area (Å²) >= 11 is 0. The monoisotopic (exact) mass is 299 g/mol. The summed E-state index contributed by atoms with van der Waals surface area (Å²) in [6.45, 7) is 2.76. The number of fused-ring (bicyclic) bond motifs is 1. The van der Waals surface area contributed by atoms with Crippen molar-refractivity contribution in [1.82, 2.24) is 35.0 Å². The van der Waals surface area contributed by atoms with Gasteiger partial charge < -0.3 is 9.47 Å². The normalized spacial score (nSPS) is 12.8. The fourth-order valence-electron chi connectivity index (χ4n) is 2.33. The standard InChI is InChI=1S/C13H13N7O2/c1-9-16-17-18-19(9)5-4-13-14-7-15-20(13)10-2-3-11-12(6-10)22-8-21-11/h2-3,6-7H,4-5,8H2,1H3. The second-order valence-electron chi connectivity index (χ2n) is 4.82. The Morgan fingerprint density at radius 3 is 3.00 bits per heavy atom. The van der Waals surface area contributed by atoms with Crippen molar-refractivity contribution in [2.24, 2.45) is 0 Å². The number of rotatable bonds is 4. The maximum atomic E-state index is 5.40. The van der Waals surface area contributed by atoms with Crippen molar-refractivity contribution in [3.05, 3.63) is 36.2 Å². The minimum Gasteiger partial charge on any atom is -0.454 e. The largest absolute Gasteiger partial charge is 0.454 e. The fourth-order valence-corrected chi connectivity index (χ4v) is 2.33. The van der Waals surface area contributed by atoms with Crippen LogP contribution in [0, 0.1) is 6.92 Å². The van der Waals surface area contributed by atoms with Crippen LogP contribution in [-0.4, -0.2) is 41.8 Å². The van der Waals surface area contributed by atoms with Crippen molar-refractivity contribution in [1.29, 1.82) is 0 Å². The van der Waals surface area contributed by atoms with Crippen LogP contribution in [0.25, 0.3) is 5.69 Å². The summed E-state index contributed by atoms with van der Waals surface area (Å²) in [6.07, 6.45) is 2.20. The second-order valence-corrected chi connectivity index (χ2v) is 4.82. The zero-order valence-corrected chi connectivity index (χ0v) is 11.9. The minimum atomic E-state index is 0.252. The molecule has 112 valence electrons. The van der Waals surface area contributed by atoms with Crippen LogP contribution in [-0.2, 0) is 13.0 Å². The Labute approximate surface area is 125 Å². The van der Waals surface area contributed by atoms with Gasteiger partial charge in [-0.05, 0) is 29.5 Å². The summed E-state index contributed by atoms with van der Waals surface area (Å²) in [5.74, 6) is 3.06. The Hall–Kier alpha value is -2.97. The first kappa shape index (κ1) is 12.7. The first-order chi connectivity index (χ1) is 10.8. The van der Waals surface area contributed by atoms with Gasteiger partial charge in [-0.25, -0.2) is 14.3 Å². The molecule has 1 aromatic carbocycles. The van der Waals surface area contributed by atoms with Gasteiger partial charge in [-0.2, -0.15) is 5.10 Å². The molecular weight excluding hydrogens is 286 g/mol. The molecule has 1 aliphatic heterocycles. The lowest BCUT2D eigenvalue weighted by molar-refractivity contribution is 0.174. The fraction of sp³-hybridized carbons (Fsp3) is 0.308. The summed E-state index contributed by atoms with van der Waals surface area (Å²) in [7, 11) is 0. The third-order valence-corrected chi connectivity index (χ3v) is 3.48. The van der Waals surface area contributed by atoms with Crippen LogP contribution in [0.3, 0.4) is 0 Å². The highest BCUT2D eigenvalue weighted by Crippen LogP contribution is 2.33. The van der Waals surface area contributed by atoms with E-state index < -0.39 is 0 Å². The zero-order chi connectivity index (χ0) is 14.9. The molecule has 4 rings (SSSR count). The van der Waals surface area contributed by atoms with Crippen LogP contribution in [0.4, 0.5) is 0 Å². The van der Waals surface area contributed by atoms with Crippen LogP contribution < -0.4 is 9.47 Å². The van der Waals surface area contributed by atoms with E-state index in [1.54, 1.807) is 9.36 Å². The quantitative estimate of drug-likeness (QED) is 0.694. The molecular formula is C13H13N7O2. The number of hydrogen-bond donors (Lipinski definition) is 0. The van der Waals surface area contributed by atoms with Gasteiger partial charge in [0.15, 0.2) is 11.5 Å². The van der Waals surface area contributed by atoms with Gasteiger partial charge >= 0.3 is 0 Å². The van der Waals surface area contributed by atoms with E-state index in [4.69, 9.17) is 9.47 Å². The number of tetrazole rings is 1. The zero-order valence-electron chi connectivity index (χ0n) is 11.9. The average Bonchev–Trinajstić information content (AvgIpc) is 3.24. The maximum Gasteiger partial charge on any atom is 0.231 e. The summed E-state index contributed by atoms with van der Waals surface area (Å²) in [5, 5.41) is 15.7. The number of aromatic nitrogens is 7. The molecule has 9 nitrogen and oxygen atoms in total. The molecule has 3 heterocycles. The summed E-state index contributed by atoms with van der Waals surface area (Å²) in [6, 6.07) is 5.69. The molecule has 0 radical (unpaired) electrons. The van der Waals surface area contributed by atoms with Crippen molar-refractivity contribution < 1.29 is 9.47 Å². The Balaban J connectivity index is 1.58. The van der Waals surface area contributed by atoms with Gasteiger partial charge in [-0.3, -0.25) is 0 Å². The molecule has 9 heteroatoms. The first-order valence-corrected chi connectivity index (χ1v) is 6.83. The third kappa shape index (κ3) is 2.16. The van der Waals surface area contributed by atoms with E-state index in [9.17, 15) is 0 Å². The molecule has 0 fully saturated rings. The van der Waals surface area contributed by atoms with E-state index in [-0.39, 0.29) is 6.79 Å². The highest BCUT2D eigenvalue weighted by Gasteiger charge is 2.16. The maximum absolute atomic E-state index is 5.40. The van der Waals surface area contributed by atoms with Crippen molar-refractivity contribution in [3.63, 3.8) is 0 Å². The van der Waals surface area contributed by atoms with E-state index >= 15 is 0 Å². The van der Waals surface area contributed by atoms with Gasteiger partial charge in [0, 0.05) is 12.5 Å². The molecule has 0 bridgehead atoms. The second kappa shape index (κ2) is 5.10. The third-order valence-electron chi connectivity index (χ3n) is 3.48. The van der Waals surface area contributed by atoms with Gasteiger partial charge in [-0.1, -0.05) is 0 Å². The Bertz CT molecular complexity index is 810. The van der Waals surface area contributed by atoms with E-state index in [2.05, 4.69) is 25.6 Å². The van der Waals surface area contributed by atoms with Gasteiger partial charge in [0.05, 0.1) is 12.2 Å². The smallest absolute Gasteiger partial charge is 0.231 e. The molecule has 0 atom stereocenters. The Morgan fingerprint density at radius 1 is 1.23 bits per heavy atom. The summed E-state index contributed by atoms with van der Waals surface area (Å²) in [4.78, 5) is 4.31. The molecule has 2 aromatic heterocycles. The Kier molecular flexibility index (Phi) is 2.95. The lowest BCUT2D eigenvalue weighted by Crippen LogP contribution is -2.10. The van der Waals surface area contributed by atoms with Crippen LogP contribution in [0.1, 0.15) is 11.6 Å². The summed E-state index contributed by atoms with van der Waals surface area (Å²) < 4.78 is 14.2. The predicted molar refractivity (Wildman–Crippen MR) is 73.7 cm³/mol. The lowest BCUT2D eigenvalue weighted by Gasteiger charge is -2.07. The average molecular weight is 299 g/mol. The first-order valence-electron chi connectivity index (χ1n) is 6.83. The number of benzene rings is 1. The van der Waals surface area contributed by atoms with Gasteiger partial charge in [0.2, 0.25) is 6.79 Å². The van der Waals surface area contributed by atoms with E-state index in [0.29, 0.717) is 13.0 Å². The van der Waals surface area contributed by atoms with Crippen LogP contribution in [0.15, 0.2) is 24.5 Å². The van der Waals surface area contributed by atoms with Crippen LogP contribution in [0.5, 0.6) is 11.5 Å². The Morgan fingerprint density at radius 2 is 2.14 bits per heavy atom. The van der Waals surface area contributed by atoms with Gasteiger partial charge in [-0.15, -0.1) is 5.10 Å². The van der Waals surface area contributed by atoms with Crippen LogP contribution in [0.2, 0.25) is 0 Å². The minimum absolute atomic E-state index is 0.252. The highest BCUT2D eigenvalue weighted by molar-refractivity contribution is 5.49. The molecule has 22 heavy (non-hydrogen) atoms. The van der Waals surface area contributed by atoms with Crippen molar-refractivity contribution >= 4 is 0 Å². The number of hydrogen-bond acceptors (Lipinski definition) is 7.